The number of carbonyl (C=O) groups excluding carboxylic acids is 1. The number of allylic oxidation sites excluding steroid dienone is 1. The SMILES string of the molecule is C=C(CC)C(=NC1CCCN(C(=O)CNc2ccc(F)cc2)C1)c1cc[nH]c1NC. The van der Waals surface area contributed by atoms with E-state index in [4.69, 9.17) is 4.99 Å². The summed E-state index contributed by atoms with van der Waals surface area (Å²) in [4.78, 5) is 22.8. The maximum Gasteiger partial charge on any atom is 0.241 e. The summed E-state index contributed by atoms with van der Waals surface area (Å²) in [5.41, 5.74) is 3.61. The number of piperidine rings is 1. The van der Waals surface area contributed by atoms with Crippen molar-refractivity contribution in [2.75, 3.05) is 37.3 Å². The lowest BCUT2D eigenvalue weighted by Gasteiger charge is -2.31. The lowest BCUT2D eigenvalue weighted by Crippen LogP contribution is -2.44. The third kappa shape index (κ3) is 5.28. The molecule has 1 aromatic carbocycles. The Bertz CT molecular complexity index is 903. The van der Waals surface area contributed by atoms with Crippen LogP contribution in [0.1, 0.15) is 31.7 Å². The third-order valence-corrected chi connectivity index (χ3v) is 5.36. The van der Waals surface area contributed by atoms with Crippen molar-refractivity contribution >= 4 is 23.1 Å². The lowest BCUT2D eigenvalue weighted by atomic mass is 10.0. The van der Waals surface area contributed by atoms with Crippen LogP contribution in [0.2, 0.25) is 0 Å². The Kier molecular flexibility index (Phi) is 7.27. The van der Waals surface area contributed by atoms with E-state index in [9.17, 15) is 9.18 Å². The highest BCUT2D eigenvalue weighted by Gasteiger charge is 2.24. The zero-order chi connectivity index (χ0) is 21.5. The number of benzene rings is 1. The first-order chi connectivity index (χ1) is 14.5. The van der Waals surface area contributed by atoms with Gasteiger partial charge in [-0.25, -0.2) is 4.39 Å². The number of hydrogen-bond donors (Lipinski definition) is 3. The van der Waals surface area contributed by atoms with Crippen molar-refractivity contribution < 1.29 is 9.18 Å². The molecule has 1 aliphatic rings. The number of likely N-dealkylation sites (tertiary alicyclic amines) is 1. The number of carbonyl (C=O) groups is 1. The van der Waals surface area contributed by atoms with Gasteiger partial charge in [0.1, 0.15) is 11.6 Å². The molecule has 1 fully saturated rings. The molecule has 0 saturated carbocycles. The Balaban J connectivity index is 1.68. The molecule has 6 nitrogen and oxygen atoms in total. The van der Waals surface area contributed by atoms with Gasteiger partial charge in [-0.3, -0.25) is 9.79 Å². The van der Waals surface area contributed by atoms with Gasteiger partial charge in [-0.1, -0.05) is 13.5 Å². The van der Waals surface area contributed by atoms with E-state index in [-0.39, 0.29) is 24.3 Å². The van der Waals surface area contributed by atoms with E-state index in [2.05, 4.69) is 29.1 Å². The number of halogens is 1. The van der Waals surface area contributed by atoms with Gasteiger partial charge in [-0.15, -0.1) is 0 Å². The van der Waals surface area contributed by atoms with E-state index in [1.807, 2.05) is 24.2 Å². The fourth-order valence-electron chi connectivity index (χ4n) is 3.62. The van der Waals surface area contributed by atoms with Crippen LogP contribution < -0.4 is 10.6 Å². The molecule has 0 bridgehead atoms. The average molecular weight is 412 g/mol. The van der Waals surface area contributed by atoms with Crippen LogP contribution in [0.5, 0.6) is 0 Å². The maximum absolute atomic E-state index is 13.0. The zero-order valence-corrected chi connectivity index (χ0v) is 17.7. The van der Waals surface area contributed by atoms with Crippen LogP contribution in [-0.4, -0.2) is 54.2 Å². The van der Waals surface area contributed by atoms with Gasteiger partial charge in [0.05, 0.1) is 18.3 Å². The molecule has 0 radical (unpaired) electrons. The van der Waals surface area contributed by atoms with Gasteiger partial charge in [0.15, 0.2) is 0 Å². The number of aromatic nitrogens is 1. The van der Waals surface area contributed by atoms with Gasteiger partial charge in [0.2, 0.25) is 5.91 Å². The van der Waals surface area contributed by atoms with E-state index in [1.165, 1.54) is 12.1 Å². The zero-order valence-electron chi connectivity index (χ0n) is 17.7. The summed E-state index contributed by atoms with van der Waals surface area (Å²) >= 11 is 0. The van der Waals surface area contributed by atoms with Gasteiger partial charge >= 0.3 is 0 Å². The van der Waals surface area contributed by atoms with E-state index in [1.54, 1.807) is 12.1 Å². The second kappa shape index (κ2) is 10.1. The Morgan fingerprint density at radius 1 is 1.33 bits per heavy atom. The highest BCUT2D eigenvalue weighted by atomic mass is 19.1. The van der Waals surface area contributed by atoms with Gasteiger partial charge < -0.3 is 20.5 Å². The van der Waals surface area contributed by atoms with E-state index in [0.717, 1.165) is 54.2 Å². The number of aromatic amines is 1. The molecule has 1 atom stereocenters. The largest absolute Gasteiger partial charge is 0.376 e. The van der Waals surface area contributed by atoms with Crippen LogP contribution in [0.3, 0.4) is 0 Å². The number of H-pyrrole nitrogens is 1. The minimum Gasteiger partial charge on any atom is -0.376 e. The average Bonchev–Trinajstić information content (AvgIpc) is 3.25. The number of amides is 1. The van der Waals surface area contributed by atoms with Crippen molar-refractivity contribution in [1.82, 2.24) is 9.88 Å². The first-order valence-corrected chi connectivity index (χ1v) is 10.4. The summed E-state index contributed by atoms with van der Waals surface area (Å²) < 4.78 is 13.0. The van der Waals surface area contributed by atoms with Crippen molar-refractivity contribution in [3.05, 3.63) is 60.1 Å². The molecule has 1 aromatic heterocycles. The molecule has 2 aromatic rings. The summed E-state index contributed by atoms with van der Waals surface area (Å²) in [6.45, 7) is 7.77. The number of aliphatic imine (C=N–C) groups is 1. The van der Waals surface area contributed by atoms with E-state index < -0.39 is 0 Å². The quantitative estimate of drug-likeness (QED) is 0.574. The van der Waals surface area contributed by atoms with Crippen LogP contribution in [-0.2, 0) is 4.79 Å². The molecule has 1 amide bonds. The molecule has 2 heterocycles. The molecule has 1 aliphatic heterocycles. The first kappa shape index (κ1) is 21.6. The summed E-state index contributed by atoms with van der Waals surface area (Å²) in [5.74, 6) is 0.639. The topological polar surface area (TPSA) is 72.5 Å². The lowest BCUT2D eigenvalue weighted by molar-refractivity contribution is -0.130. The van der Waals surface area contributed by atoms with Gasteiger partial charge in [-0.2, -0.15) is 0 Å². The monoisotopic (exact) mass is 411 g/mol. The van der Waals surface area contributed by atoms with Crippen molar-refractivity contribution in [1.29, 1.82) is 0 Å². The second-order valence-electron chi connectivity index (χ2n) is 7.45. The molecule has 1 saturated heterocycles. The summed E-state index contributed by atoms with van der Waals surface area (Å²) in [6.07, 6.45) is 4.55. The van der Waals surface area contributed by atoms with Crippen molar-refractivity contribution in [2.24, 2.45) is 4.99 Å². The number of nitrogens with one attached hydrogen (secondary N) is 3. The minimum absolute atomic E-state index is 0.0210. The third-order valence-electron chi connectivity index (χ3n) is 5.36. The molecule has 160 valence electrons. The number of hydrogen-bond acceptors (Lipinski definition) is 4. The minimum atomic E-state index is -0.295. The van der Waals surface area contributed by atoms with Gasteiger partial charge in [0, 0.05) is 37.6 Å². The van der Waals surface area contributed by atoms with Crippen molar-refractivity contribution in [2.45, 2.75) is 32.2 Å². The predicted molar refractivity (Wildman–Crippen MR) is 121 cm³/mol. The van der Waals surface area contributed by atoms with Crippen LogP contribution in [0.15, 0.2) is 53.7 Å². The molecule has 30 heavy (non-hydrogen) atoms. The Morgan fingerprint density at radius 2 is 2.10 bits per heavy atom. The normalized spacial score (nSPS) is 17.0. The van der Waals surface area contributed by atoms with Crippen LogP contribution in [0.4, 0.5) is 15.9 Å². The molecule has 0 aliphatic carbocycles. The van der Waals surface area contributed by atoms with Crippen LogP contribution >= 0.6 is 0 Å². The standard InChI is InChI=1S/C23H30FN5O/c1-4-16(2)22(20-11-12-26-23(20)25-3)28-19-6-5-13-29(15-19)21(30)14-27-18-9-7-17(24)8-10-18/h7-12,19,25-27H,2,4-6,13-15H2,1,3H3. The van der Waals surface area contributed by atoms with Gasteiger partial charge in [0.25, 0.3) is 0 Å². The molecule has 0 spiro atoms. The number of nitrogens with zero attached hydrogens (tertiary/aromatic N) is 2. The van der Waals surface area contributed by atoms with Crippen molar-refractivity contribution in [3.8, 4) is 0 Å². The Hall–Kier alpha value is -3.09. The highest BCUT2D eigenvalue weighted by molar-refractivity contribution is 6.15. The second-order valence-corrected chi connectivity index (χ2v) is 7.45. The molecule has 3 rings (SSSR count). The number of rotatable bonds is 8. The maximum atomic E-state index is 13.0. The summed E-state index contributed by atoms with van der Waals surface area (Å²) in [5, 5.41) is 6.23. The highest BCUT2D eigenvalue weighted by Crippen LogP contribution is 2.22. The van der Waals surface area contributed by atoms with E-state index >= 15 is 0 Å². The smallest absolute Gasteiger partial charge is 0.241 e. The Labute approximate surface area is 177 Å². The molecule has 3 N–H and O–H groups in total. The molecule has 1 unspecified atom stereocenters. The van der Waals surface area contributed by atoms with Crippen LogP contribution in [0, 0.1) is 5.82 Å². The number of anilines is 2. The fourth-order valence-corrected chi connectivity index (χ4v) is 3.62. The first-order valence-electron chi connectivity index (χ1n) is 10.4. The predicted octanol–water partition coefficient (Wildman–Crippen LogP) is 4.05. The van der Waals surface area contributed by atoms with E-state index in [0.29, 0.717) is 6.54 Å². The Morgan fingerprint density at radius 3 is 2.80 bits per heavy atom. The molecule has 7 heteroatoms. The fraction of sp³-hybridized carbons (Fsp3) is 0.391. The van der Waals surface area contributed by atoms with Crippen molar-refractivity contribution in [3.63, 3.8) is 0 Å². The molecular weight excluding hydrogens is 381 g/mol. The molecular formula is C23H30FN5O. The van der Waals surface area contributed by atoms with Gasteiger partial charge in [-0.05, 0) is 55.2 Å². The summed E-state index contributed by atoms with van der Waals surface area (Å²) in [6, 6.07) is 8.05. The summed E-state index contributed by atoms with van der Waals surface area (Å²) in [7, 11) is 1.87. The van der Waals surface area contributed by atoms with Crippen LogP contribution in [0.25, 0.3) is 0 Å².